The first kappa shape index (κ1) is 30.2. The second kappa shape index (κ2) is 12.7. The van der Waals surface area contributed by atoms with Gasteiger partial charge in [0, 0.05) is 0 Å². The first-order valence-electron chi connectivity index (χ1n) is 8.91. The van der Waals surface area contributed by atoms with Crippen LogP contribution in [0.1, 0.15) is 11.1 Å². The predicted octanol–water partition coefficient (Wildman–Crippen LogP) is -2.72. The molecule has 0 atom stereocenters. The van der Waals surface area contributed by atoms with Crippen molar-refractivity contribution >= 4 is 44.3 Å². The predicted molar refractivity (Wildman–Crippen MR) is 124 cm³/mol. The molecular formula is C18H20N6NaO8S2+. The molecule has 2 aromatic carbocycles. The summed E-state index contributed by atoms with van der Waals surface area (Å²) in [7, 11) is -6.56. The average Bonchev–Trinajstić information content (AvgIpc) is 2.77. The summed E-state index contributed by atoms with van der Waals surface area (Å²) < 4.78 is 74.0. The zero-order valence-electron chi connectivity index (χ0n) is 18.7. The molecule has 17 heteroatoms. The van der Waals surface area contributed by atoms with E-state index in [0.717, 1.165) is 24.6 Å². The van der Waals surface area contributed by atoms with Gasteiger partial charge in [0.1, 0.15) is 21.3 Å². The summed E-state index contributed by atoms with van der Waals surface area (Å²) in [6, 6.07) is 7.77. The van der Waals surface area contributed by atoms with Crippen LogP contribution in [0.2, 0.25) is 0 Å². The molecule has 0 saturated heterocycles. The fourth-order valence-electron chi connectivity index (χ4n) is 2.37. The van der Waals surface area contributed by atoms with Crippen molar-refractivity contribution in [1.29, 1.82) is 0 Å². The van der Waals surface area contributed by atoms with Crippen molar-refractivity contribution in [3.63, 3.8) is 0 Å². The molecular weight excluding hydrogens is 515 g/mol. The van der Waals surface area contributed by atoms with Crippen LogP contribution < -0.4 is 50.5 Å². The van der Waals surface area contributed by atoms with E-state index in [1.807, 2.05) is 0 Å². The van der Waals surface area contributed by atoms with E-state index in [4.69, 9.17) is 20.9 Å². The number of methoxy groups -OCH3 is 2. The van der Waals surface area contributed by atoms with Crippen LogP contribution in [0.3, 0.4) is 0 Å². The van der Waals surface area contributed by atoms with Gasteiger partial charge in [0.15, 0.2) is 11.7 Å². The molecule has 35 heavy (non-hydrogen) atoms. The number of benzene rings is 2. The third-order valence-electron chi connectivity index (χ3n) is 3.94. The maximum absolute atomic E-state index is 11.4. The van der Waals surface area contributed by atoms with Crippen molar-refractivity contribution in [3.8, 4) is 11.5 Å². The molecule has 0 unspecified atom stereocenters. The van der Waals surface area contributed by atoms with Crippen LogP contribution in [0.4, 0.5) is 0 Å². The Labute approximate surface area is 223 Å². The van der Waals surface area contributed by atoms with Crippen molar-refractivity contribution in [3.05, 3.63) is 47.5 Å². The second-order valence-corrected chi connectivity index (χ2v) is 9.01. The molecule has 0 aliphatic heterocycles. The largest absolute Gasteiger partial charge is 1.00 e. The van der Waals surface area contributed by atoms with E-state index in [1.165, 1.54) is 38.5 Å². The molecule has 0 aliphatic carbocycles. The molecule has 0 aliphatic rings. The van der Waals surface area contributed by atoms with Crippen molar-refractivity contribution in [2.75, 3.05) is 14.2 Å². The Balaban J connectivity index is 0.00000612. The number of amidine groups is 2. The maximum atomic E-state index is 11.4. The summed E-state index contributed by atoms with van der Waals surface area (Å²) in [6.45, 7) is 0. The molecule has 0 fully saturated rings. The minimum atomic E-state index is -4.53. The van der Waals surface area contributed by atoms with Gasteiger partial charge in [-0.05, 0) is 47.5 Å². The summed E-state index contributed by atoms with van der Waals surface area (Å²) in [4.78, 5) is -0.913. The van der Waals surface area contributed by atoms with Crippen LogP contribution in [-0.2, 0) is 20.2 Å². The van der Waals surface area contributed by atoms with E-state index in [0.29, 0.717) is 0 Å². The standard InChI is InChI=1S/C18H20N6O8S2.Na/c1-31-13-5-3-11(7-15(13)33(25,26)27)9-21-23-17(19)18(20)24-22-10-12-4-6-14(32-2)16(8-12)34(28,29)30;/h3-10H,1-2H3,(H2,19,23)(H2,20,24)(H,25,26,27)(H,28,29,30);/q;+1. The Morgan fingerprint density at radius 3 is 1.40 bits per heavy atom. The molecule has 0 aromatic heterocycles. The molecule has 0 saturated carbocycles. The second-order valence-electron chi connectivity index (χ2n) is 6.23. The third kappa shape index (κ3) is 8.70. The molecule has 0 heterocycles. The molecule has 2 rings (SSSR count). The number of nitrogens with zero attached hydrogens (tertiary/aromatic N) is 4. The summed E-state index contributed by atoms with van der Waals surface area (Å²) >= 11 is 0. The smallest absolute Gasteiger partial charge is 0.495 e. The number of ether oxygens (including phenoxy) is 2. The quantitative estimate of drug-likeness (QED) is 0.0897. The average molecular weight is 536 g/mol. The third-order valence-corrected chi connectivity index (χ3v) is 5.69. The molecule has 0 amide bonds. The van der Waals surface area contributed by atoms with Crippen molar-refractivity contribution in [1.82, 2.24) is 0 Å². The number of hydrogen-bond acceptors (Lipinski definition) is 10. The monoisotopic (exact) mass is 535 g/mol. The first-order valence-corrected chi connectivity index (χ1v) is 11.8. The zero-order valence-corrected chi connectivity index (χ0v) is 22.4. The topological polar surface area (TPSA) is 229 Å². The van der Waals surface area contributed by atoms with Crippen molar-refractivity contribution in [2.45, 2.75) is 9.79 Å². The zero-order chi connectivity index (χ0) is 25.5. The van der Waals surface area contributed by atoms with Gasteiger partial charge in [-0.2, -0.15) is 27.0 Å². The van der Waals surface area contributed by atoms with Gasteiger partial charge >= 0.3 is 29.6 Å². The van der Waals surface area contributed by atoms with Crippen LogP contribution in [-0.4, -0.2) is 64.3 Å². The fraction of sp³-hybridized carbons (Fsp3) is 0.111. The Bertz CT molecular complexity index is 1300. The van der Waals surface area contributed by atoms with Gasteiger partial charge in [0.25, 0.3) is 20.2 Å². The van der Waals surface area contributed by atoms with Crippen LogP contribution in [0.25, 0.3) is 0 Å². The Kier molecular flexibility index (Phi) is 11.0. The van der Waals surface area contributed by atoms with E-state index in [2.05, 4.69) is 20.4 Å². The summed E-state index contributed by atoms with van der Waals surface area (Å²) in [6.07, 6.45) is 2.29. The maximum Gasteiger partial charge on any atom is 1.00 e. The van der Waals surface area contributed by atoms with Gasteiger partial charge in [0.05, 0.1) is 26.6 Å². The molecule has 0 spiro atoms. The van der Waals surface area contributed by atoms with Gasteiger partial charge in [-0.15, -0.1) is 10.2 Å². The van der Waals surface area contributed by atoms with Crippen molar-refractivity contribution < 1.29 is 65.0 Å². The minimum Gasteiger partial charge on any atom is -0.495 e. The SMILES string of the molecule is COc1ccc(C=NN=C(N)C(N)=NN=Cc2ccc(OC)c(S(=O)(=O)O)c2)cc1S(=O)(=O)O.[Na+]. The minimum absolute atomic E-state index is 0. The number of rotatable bonds is 8. The fourth-order valence-corrected chi connectivity index (χ4v) is 3.75. The van der Waals surface area contributed by atoms with Gasteiger partial charge in [-0.1, -0.05) is 0 Å². The van der Waals surface area contributed by atoms with E-state index in [-0.39, 0.29) is 63.9 Å². The van der Waals surface area contributed by atoms with Crippen LogP contribution in [0, 0.1) is 0 Å². The van der Waals surface area contributed by atoms with Gasteiger partial charge in [0.2, 0.25) is 0 Å². The van der Waals surface area contributed by atoms with E-state index < -0.39 is 30.0 Å². The van der Waals surface area contributed by atoms with E-state index >= 15 is 0 Å². The Morgan fingerprint density at radius 2 is 1.11 bits per heavy atom. The van der Waals surface area contributed by atoms with Gasteiger partial charge < -0.3 is 20.9 Å². The van der Waals surface area contributed by atoms with E-state index in [1.54, 1.807) is 0 Å². The summed E-state index contributed by atoms with van der Waals surface area (Å²) in [5.41, 5.74) is 11.8. The van der Waals surface area contributed by atoms with Gasteiger partial charge in [-0.25, -0.2) is 0 Å². The number of nitrogens with two attached hydrogens (primary N) is 2. The molecule has 182 valence electrons. The van der Waals surface area contributed by atoms with Crippen LogP contribution >= 0.6 is 0 Å². The Morgan fingerprint density at radius 1 is 0.771 bits per heavy atom. The number of hydrogen-bond donors (Lipinski definition) is 4. The molecule has 0 radical (unpaired) electrons. The van der Waals surface area contributed by atoms with Crippen LogP contribution in [0.5, 0.6) is 11.5 Å². The molecule has 0 bridgehead atoms. The molecule has 14 nitrogen and oxygen atoms in total. The van der Waals surface area contributed by atoms with Crippen LogP contribution in [0.15, 0.2) is 66.6 Å². The first-order chi connectivity index (χ1) is 15.9. The molecule has 6 N–H and O–H groups in total. The Hall–Kier alpha value is -2.86. The molecule has 2 aromatic rings. The normalized spacial score (nSPS) is 13.1. The van der Waals surface area contributed by atoms with Gasteiger partial charge in [-0.3, -0.25) is 9.11 Å². The summed E-state index contributed by atoms with van der Waals surface area (Å²) in [5, 5.41) is 14.6. The van der Waals surface area contributed by atoms with Crippen molar-refractivity contribution in [2.24, 2.45) is 31.9 Å². The van der Waals surface area contributed by atoms with E-state index in [9.17, 15) is 25.9 Å². The summed E-state index contributed by atoms with van der Waals surface area (Å²) in [5.74, 6) is -0.773.